The smallest absolute Gasteiger partial charge is 0.211 e. The molecule has 1 unspecified atom stereocenters. The van der Waals surface area contributed by atoms with Gasteiger partial charge in [-0.05, 0) is 31.6 Å². The fourth-order valence-corrected chi connectivity index (χ4v) is 2.52. The van der Waals surface area contributed by atoms with Gasteiger partial charge >= 0.3 is 0 Å². The third-order valence-electron chi connectivity index (χ3n) is 3.26. The Labute approximate surface area is 90.7 Å². The van der Waals surface area contributed by atoms with Gasteiger partial charge in [0.15, 0.2) is 0 Å². The third kappa shape index (κ3) is 1.96. The average molecular weight is 206 g/mol. The molecule has 0 radical (unpaired) electrons. The average Bonchev–Trinajstić information content (AvgIpc) is 2.63. The molecular weight excluding hydrogens is 188 g/mol. The molecule has 0 saturated heterocycles. The van der Waals surface area contributed by atoms with Crippen LogP contribution in [0.2, 0.25) is 0 Å². The summed E-state index contributed by atoms with van der Waals surface area (Å²) in [4.78, 5) is 15.3. The first kappa shape index (κ1) is 10.4. The number of rotatable bonds is 3. The molecule has 0 spiro atoms. The van der Waals surface area contributed by atoms with Gasteiger partial charge in [-0.15, -0.1) is 0 Å². The van der Waals surface area contributed by atoms with E-state index < -0.39 is 0 Å². The first-order valence-electron chi connectivity index (χ1n) is 5.73. The molecule has 82 valence electrons. The van der Waals surface area contributed by atoms with E-state index in [0.29, 0.717) is 11.8 Å². The van der Waals surface area contributed by atoms with Gasteiger partial charge in [0.1, 0.15) is 0 Å². The molecule has 1 saturated carbocycles. The fraction of sp³-hybridized carbons (Fsp3) is 0.667. The zero-order valence-corrected chi connectivity index (χ0v) is 9.42. The summed E-state index contributed by atoms with van der Waals surface area (Å²) in [6.45, 7) is 4.25. The van der Waals surface area contributed by atoms with Gasteiger partial charge in [0.05, 0.1) is 5.70 Å². The van der Waals surface area contributed by atoms with Crippen LogP contribution in [-0.4, -0.2) is 12.1 Å². The Bertz CT molecular complexity index is 329. The van der Waals surface area contributed by atoms with Gasteiger partial charge in [0, 0.05) is 17.3 Å². The Kier molecular flexibility index (Phi) is 2.89. The fourth-order valence-electron chi connectivity index (χ4n) is 2.52. The van der Waals surface area contributed by atoms with E-state index in [2.05, 4.69) is 19.2 Å². The molecule has 2 rings (SSSR count). The highest BCUT2D eigenvalue weighted by molar-refractivity contribution is 5.90. The van der Waals surface area contributed by atoms with E-state index in [1.807, 2.05) is 0 Å². The van der Waals surface area contributed by atoms with Crippen LogP contribution in [0.25, 0.3) is 0 Å². The summed E-state index contributed by atoms with van der Waals surface area (Å²) in [5, 5.41) is 2.82. The van der Waals surface area contributed by atoms with Gasteiger partial charge in [-0.25, -0.2) is 0 Å². The molecule has 3 heteroatoms. The van der Waals surface area contributed by atoms with Crippen molar-refractivity contribution in [3.05, 3.63) is 11.4 Å². The predicted molar refractivity (Wildman–Crippen MR) is 60.5 cm³/mol. The molecule has 1 N–H and O–H groups in total. The van der Waals surface area contributed by atoms with Crippen LogP contribution in [0.1, 0.15) is 39.5 Å². The molecule has 1 aliphatic heterocycles. The molecule has 3 nitrogen and oxygen atoms in total. The number of carbonyl (C=O) groups is 1. The zero-order valence-electron chi connectivity index (χ0n) is 9.42. The summed E-state index contributed by atoms with van der Waals surface area (Å²) < 4.78 is 0. The van der Waals surface area contributed by atoms with Crippen LogP contribution in [-0.2, 0) is 4.79 Å². The highest BCUT2D eigenvalue weighted by Gasteiger charge is 2.29. The molecular formula is C12H18N2O. The first-order valence-corrected chi connectivity index (χ1v) is 5.73. The normalized spacial score (nSPS) is 25.3. The number of hydrogen-bond acceptors (Lipinski definition) is 2. The molecule has 15 heavy (non-hydrogen) atoms. The molecule has 1 aliphatic carbocycles. The minimum Gasteiger partial charge on any atom is -0.331 e. The van der Waals surface area contributed by atoms with E-state index in [-0.39, 0.29) is 0 Å². The van der Waals surface area contributed by atoms with E-state index in [4.69, 9.17) is 4.99 Å². The van der Waals surface area contributed by atoms with Crippen LogP contribution in [0.4, 0.5) is 0 Å². The van der Waals surface area contributed by atoms with Crippen molar-refractivity contribution in [3.63, 3.8) is 0 Å². The van der Waals surface area contributed by atoms with Gasteiger partial charge < -0.3 is 5.32 Å². The van der Waals surface area contributed by atoms with Crippen molar-refractivity contribution in [2.75, 3.05) is 0 Å². The SMILES string of the molecule is CC(C)C1=C(NC=O)CC2CCCC2=N1. The minimum atomic E-state index is 0.390. The van der Waals surface area contributed by atoms with Crippen LogP contribution >= 0.6 is 0 Å². The van der Waals surface area contributed by atoms with Crippen LogP contribution in [0, 0.1) is 11.8 Å². The number of allylic oxidation sites excluding steroid dienone is 2. The Morgan fingerprint density at radius 1 is 1.53 bits per heavy atom. The first-order chi connectivity index (χ1) is 7.22. The van der Waals surface area contributed by atoms with Crippen molar-refractivity contribution < 1.29 is 4.79 Å². The topological polar surface area (TPSA) is 41.5 Å². The molecule has 0 bridgehead atoms. The van der Waals surface area contributed by atoms with Gasteiger partial charge in [-0.2, -0.15) is 0 Å². The van der Waals surface area contributed by atoms with E-state index in [1.165, 1.54) is 18.6 Å². The van der Waals surface area contributed by atoms with E-state index in [1.54, 1.807) is 0 Å². The Morgan fingerprint density at radius 3 is 3.00 bits per heavy atom. The lowest BCUT2D eigenvalue weighted by Crippen LogP contribution is -2.24. The number of carbonyl (C=O) groups excluding carboxylic acids is 1. The molecule has 1 fully saturated rings. The number of nitrogens with one attached hydrogen (secondary N) is 1. The van der Waals surface area contributed by atoms with Gasteiger partial charge in [0.25, 0.3) is 0 Å². The summed E-state index contributed by atoms with van der Waals surface area (Å²) >= 11 is 0. The minimum absolute atomic E-state index is 0.390. The maximum Gasteiger partial charge on any atom is 0.211 e. The highest BCUT2D eigenvalue weighted by Crippen LogP contribution is 2.35. The Hall–Kier alpha value is -1.12. The third-order valence-corrected chi connectivity index (χ3v) is 3.26. The molecule has 0 aromatic carbocycles. The van der Waals surface area contributed by atoms with Gasteiger partial charge in [0.2, 0.25) is 6.41 Å². The highest BCUT2D eigenvalue weighted by atomic mass is 16.1. The van der Waals surface area contributed by atoms with E-state index in [9.17, 15) is 4.79 Å². The molecule has 0 aromatic heterocycles. The van der Waals surface area contributed by atoms with Crippen molar-refractivity contribution in [3.8, 4) is 0 Å². The summed E-state index contributed by atoms with van der Waals surface area (Å²) in [6, 6.07) is 0. The Morgan fingerprint density at radius 2 is 2.33 bits per heavy atom. The summed E-state index contributed by atoms with van der Waals surface area (Å²) in [6.07, 6.45) is 5.38. The quantitative estimate of drug-likeness (QED) is 0.707. The number of hydrogen-bond donors (Lipinski definition) is 1. The summed E-state index contributed by atoms with van der Waals surface area (Å²) in [7, 11) is 0. The zero-order chi connectivity index (χ0) is 10.8. The van der Waals surface area contributed by atoms with Crippen molar-refractivity contribution in [2.24, 2.45) is 16.8 Å². The maximum atomic E-state index is 10.5. The second-order valence-electron chi connectivity index (χ2n) is 4.68. The predicted octanol–water partition coefficient (Wildman–Crippen LogP) is 2.24. The lowest BCUT2D eigenvalue weighted by molar-refractivity contribution is -0.109. The second kappa shape index (κ2) is 4.17. The van der Waals surface area contributed by atoms with Crippen molar-refractivity contribution in [1.82, 2.24) is 5.32 Å². The van der Waals surface area contributed by atoms with E-state index >= 15 is 0 Å². The Balaban J connectivity index is 2.29. The molecule has 1 atom stereocenters. The van der Waals surface area contributed by atoms with Crippen molar-refractivity contribution >= 4 is 12.1 Å². The number of amides is 1. The lowest BCUT2D eigenvalue weighted by Gasteiger charge is -2.23. The molecule has 1 amide bonds. The van der Waals surface area contributed by atoms with Crippen LogP contribution in [0.5, 0.6) is 0 Å². The molecule has 2 aliphatic rings. The lowest BCUT2D eigenvalue weighted by atomic mass is 9.93. The van der Waals surface area contributed by atoms with Crippen molar-refractivity contribution in [1.29, 1.82) is 0 Å². The summed E-state index contributed by atoms with van der Waals surface area (Å²) in [5.41, 5.74) is 3.47. The van der Waals surface area contributed by atoms with Crippen LogP contribution in [0.15, 0.2) is 16.4 Å². The number of aliphatic imine (C=N–C) groups is 1. The largest absolute Gasteiger partial charge is 0.331 e. The monoisotopic (exact) mass is 206 g/mol. The van der Waals surface area contributed by atoms with Gasteiger partial charge in [-0.3, -0.25) is 9.79 Å². The standard InChI is InChI=1S/C12H18N2O/c1-8(2)12-11(13-7-15)6-9-4-3-5-10(9)14-12/h7-9H,3-6H2,1-2H3,(H,13,15). The van der Waals surface area contributed by atoms with Crippen molar-refractivity contribution in [2.45, 2.75) is 39.5 Å². The number of fused-ring (bicyclic) bond motifs is 1. The molecule has 1 heterocycles. The van der Waals surface area contributed by atoms with Gasteiger partial charge in [-0.1, -0.05) is 13.8 Å². The number of nitrogens with zero attached hydrogens (tertiary/aromatic N) is 1. The maximum absolute atomic E-state index is 10.5. The van der Waals surface area contributed by atoms with Crippen LogP contribution in [0.3, 0.4) is 0 Å². The molecule has 0 aromatic rings. The van der Waals surface area contributed by atoms with E-state index in [0.717, 1.165) is 30.6 Å². The second-order valence-corrected chi connectivity index (χ2v) is 4.68. The summed E-state index contributed by atoms with van der Waals surface area (Å²) in [5.74, 6) is 0.983. The van der Waals surface area contributed by atoms with Crippen LogP contribution < -0.4 is 5.32 Å².